The van der Waals surface area contributed by atoms with Gasteiger partial charge in [0.1, 0.15) is 11.6 Å². The molecule has 5 heteroatoms. The minimum atomic E-state index is 0.0479. The Labute approximate surface area is 106 Å². The summed E-state index contributed by atoms with van der Waals surface area (Å²) >= 11 is 0. The van der Waals surface area contributed by atoms with Crippen molar-refractivity contribution >= 4 is 11.6 Å². The van der Waals surface area contributed by atoms with Crippen molar-refractivity contribution in [1.82, 2.24) is 20.1 Å². The molecule has 2 heterocycles. The van der Waals surface area contributed by atoms with E-state index < -0.39 is 0 Å². The van der Waals surface area contributed by atoms with Gasteiger partial charge in [0.2, 0.25) is 5.91 Å². The number of carbonyl (C=O) groups is 1. The van der Waals surface area contributed by atoms with Crippen molar-refractivity contribution in [1.29, 1.82) is 0 Å². The van der Waals surface area contributed by atoms with E-state index in [9.17, 15) is 4.79 Å². The van der Waals surface area contributed by atoms with Crippen molar-refractivity contribution in [3.63, 3.8) is 0 Å². The van der Waals surface area contributed by atoms with Crippen LogP contribution in [-0.2, 0) is 4.79 Å². The molecule has 18 heavy (non-hydrogen) atoms. The third-order valence-electron chi connectivity index (χ3n) is 3.73. The number of amides is 1. The molecule has 3 rings (SSSR count). The van der Waals surface area contributed by atoms with Crippen LogP contribution in [0.5, 0.6) is 0 Å². The maximum atomic E-state index is 10.9. The van der Waals surface area contributed by atoms with Gasteiger partial charge >= 0.3 is 0 Å². The Morgan fingerprint density at radius 3 is 3.11 bits per heavy atom. The van der Waals surface area contributed by atoms with Crippen LogP contribution in [0.3, 0.4) is 0 Å². The van der Waals surface area contributed by atoms with Crippen LogP contribution in [0.25, 0.3) is 5.70 Å². The summed E-state index contributed by atoms with van der Waals surface area (Å²) in [6.45, 7) is 6.41. The lowest BCUT2D eigenvalue weighted by molar-refractivity contribution is -0.119. The van der Waals surface area contributed by atoms with Crippen LogP contribution in [0, 0.1) is 18.8 Å². The van der Waals surface area contributed by atoms with Gasteiger partial charge in [0.05, 0.1) is 0 Å². The van der Waals surface area contributed by atoms with E-state index in [-0.39, 0.29) is 5.91 Å². The van der Waals surface area contributed by atoms with Gasteiger partial charge < -0.3 is 5.32 Å². The third-order valence-corrected chi connectivity index (χ3v) is 3.73. The minimum Gasteiger partial charge on any atom is -0.356 e. The number of allylic oxidation sites excluding steroid dienone is 2. The van der Waals surface area contributed by atoms with E-state index in [0.717, 1.165) is 24.6 Å². The molecule has 0 bridgehead atoms. The van der Waals surface area contributed by atoms with E-state index in [0.29, 0.717) is 17.8 Å². The largest absolute Gasteiger partial charge is 0.356 e. The topological polar surface area (TPSA) is 59.8 Å². The molecule has 0 spiro atoms. The molecule has 0 saturated heterocycles. The number of hydrogen-bond donors (Lipinski definition) is 1. The highest BCUT2D eigenvalue weighted by molar-refractivity contribution is 5.73. The predicted octanol–water partition coefficient (Wildman–Crippen LogP) is 1.32. The van der Waals surface area contributed by atoms with Gasteiger partial charge in [-0.3, -0.25) is 4.79 Å². The monoisotopic (exact) mass is 246 g/mol. The van der Waals surface area contributed by atoms with Crippen LogP contribution in [0.1, 0.15) is 37.8 Å². The summed E-state index contributed by atoms with van der Waals surface area (Å²) in [6, 6.07) is 0. The van der Waals surface area contributed by atoms with Crippen LogP contribution < -0.4 is 5.32 Å². The first-order valence-electron chi connectivity index (χ1n) is 6.46. The molecular weight excluding hydrogens is 228 g/mol. The van der Waals surface area contributed by atoms with E-state index in [4.69, 9.17) is 0 Å². The molecule has 2 aliphatic rings. The number of aromatic nitrogens is 3. The van der Waals surface area contributed by atoms with Gasteiger partial charge in [-0.15, -0.1) is 0 Å². The second kappa shape index (κ2) is 3.93. The Kier molecular flexibility index (Phi) is 2.50. The predicted molar refractivity (Wildman–Crippen MR) is 67.7 cm³/mol. The fourth-order valence-electron chi connectivity index (χ4n) is 2.71. The molecule has 1 N–H and O–H groups in total. The first-order chi connectivity index (χ1) is 8.56. The summed E-state index contributed by atoms with van der Waals surface area (Å²) in [5, 5.41) is 7.35. The Balaban J connectivity index is 1.72. The Hall–Kier alpha value is -1.65. The number of carbonyl (C=O) groups excluding carboxylic acids is 1. The van der Waals surface area contributed by atoms with Crippen molar-refractivity contribution in [3.8, 4) is 0 Å². The average molecular weight is 246 g/mol. The number of rotatable bonds is 3. The molecule has 1 amide bonds. The van der Waals surface area contributed by atoms with E-state index in [2.05, 4.69) is 28.4 Å². The molecule has 1 fully saturated rings. The Morgan fingerprint density at radius 2 is 2.39 bits per heavy atom. The Bertz CT molecular complexity index is 531. The molecule has 3 atom stereocenters. The van der Waals surface area contributed by atoms with E-state index in [1.807, 2.05) is 11.6 Å². The van der Waals surface area contributed by atoms with Crippen LogP contribution in [0.2, 0.25) is 0 Å². The van der Waals surface area contributed by atoms with Crippen LogP contribution in [-0.4, -0.2) is 27.2 Å². The second-order valence-corrected chi connectivity index (χ2v) is 5.35. The molecule has 1 aliphatic carbocycles. The Morgan fingerprint density at radius 1 is 1.61 bits per heavy atom. The molecule has 1 saturated carbocycles. The van der Waals surface area contributed by atoms with Crippen molar-refractivity contribution in [2.45, 2.75) is 33.1 Å². The molecule has 3 unspecified atom stereocenters. The van der Waals surface area contributed by atoms with Crippen molar-refractivity contribution < 1.29 is 4.79 Å². The van der Waals surface area contributed by atoms with Gasteiger partial charge in [0.15, 0.2) is 0 Å². The summed E-state index contributed by atoms with van der Waals surface area (Å²) < 4.78 is 2.00. The van der Waals surface area contributed by atoms with Crippen molar-refractivity contribution in [2.75, 3.05) is 6.54 Å². The fraction of sp³-hybridized carbons (Fsp3) is 0.615. The van der Waals surface area contributed by atoms with Crippen molar-refractivity contribution in [3.05, 3.63) is 17.7 Å². The maximum absolute atomic E-state index is 10.9. The highest BCUT2D eigenvalue weighted by atomic mass is 16.1. The zero-order valence-corrected chi connectivity index (χ0v) is 11.0. The summed E-state index contributed by atoms with van der Waals surface area (Å²) in [6.07, 6.45) is 3.39. The molecule has 0 aromatic carbocycles. The van der Waals surface area contributed by atoms with E-state index in [1.54, 1.807) is 6.92 Å². The second-order valence-electron chi connectivity index (χ2n) is 5.35. The molecule has 96 valence electrons. The first kappa shape index (κ1) is 11.4. The standard InChI is InChI=1S/C13H18N4O/c1-7-4-12(17-13(7)15-8(2)16-17)11-5-10(11)6-14-9(3)18/h4,7,10-11H,5-6H2,1-3H3,(H,14,18). The normalized spacial score (nSPS) is 28.8. The quantitative estimate of drug-likeness (QED) is 0.875. The van der Waals surface area contributed by atoms with Crippen LogP contribution >= 0.6 is 0 Å². The first-order valence-corrected chi connectivity index (χ1v) is 6.46. The van der Waals surface area contributed by atoms with Gasteiger partial charge in [0, 0.05) is 31.0 Å². The molecule has 0 radical (unpaired) electrons. The van der Waals surface area contributed by atoms with Gasteiger partial charge in [-0.05, 0) is 19.3 Å². The van der Waals surface area contributed by atoms with Gasteiger partial charge in [-0.2, -0.15) is 5.10 Å². The highest BCUT2D eigenvalue weighted by Crippen LogP contribution is 2.48. The number of nitrogens with one attached hydrogen (secondary N) is 1. The fourth-order valence-corrected chi connectivity index (χ4v) is 2.71. The number of nitrogens with zero attached hydrogens (tertiary/aromatic N) is 3. The van der Waals surface area contributed by atoms with Gasteiger partial charge in [-0.25, -0.2) is 9.67 Å². The summed E-state index contributed by atoms with van der Waals surface area (Å²) in [7, 11) is 0. The maximum Gasteiger partial charge on any atom is 0.216 e. The average Bonchev–Trinajstić information content (AvgIpc) is 2.87. The summed E-state index contributed by atoms with van der Waals surface area (Å²) in [4.78, 5) is 15.4. The summed E-state index contributed by atoms with van der Waals surface area (Å²) in [5.41, 5.74) is 1.27. The zero-order valence-electron chi connectivity index (χ0n) is 11.0. The lowest BCUT2D eigenvalue weighted by Gasteiger charge is -2.04. The zero-order chi connectivity index (χ0) is 12.9. The molecular formula is C13H18N4O. The molecule has 1 aromatic rings. The number of aryl methyl sites for hydroxylation is 1. The molecule has 5 nitrogen and oxygen atoms in total. The summed E-state index contributed by atoms with van der Waals surface area (Å²) in [5.74, 6) is 3.37. The lowest BCUT2D eigenvalue weighted by atomic mass is 10.1. The molecule has 1 aliphatic heterocycles. The highest BCUT2D eigenvalue weighted by Gasteiger charge is 2.43. The van der Waals surface area contributed by atoms with Crippen molar-refractivity contribution in [2.24, 2.45) is 11.8 Å². The number of hydrogen-bond acceptors (Lipinski definition) is 3. The van der Waals surface area contributed by atoms with Crippen LogP contribution in [0.4, 0.5) is 0 Å². The van der Waals surface area contributed by atoms with Gasteiger partial charge in [-0.1, -0.05) is 13.0 Å². The number of fused-ring (bicyclic) bond motifs is 1. The smallest absolute Gasteiger partial charge is 0.216 e. The van der Waals surface area contributed by atoms with E-state index >= 15 is 0 Å². The minimum absolute atomic E-state index is 0.0479. The van der Waals surface area contributed by atoms with Gasteiger partial charge in [0.25, 0.3) is 0 Å². The molecule has 1 aromatic heterocycles. The third kappa shape index (κ3) is 1.83. The lowest BCUT2D eigenvalue weighted by Crippen LogP contribution is -2.22. The SMILES string of the molecule is CC(=O)NCC1CC1C1=CC(C)c2nc(C)nn21. The van der Waals surface area contributed by atoms with E-state index in [1.165, 1.54) is 5.70 Å². The van der Waals surface area contributed by atoms with Crippen LogP contribution in [0.15, 0.2) is 6.08 Å².